The molecule has 27 heavy (non-hydrogen) atoms. The third kappa shape index (κ3) is 3.58. The Morgan fingerprint density at radius 2 is 1.93 bits per heavy atom. The highest BCUT2D eigenvalue weighted by molar-refractivity contribution is 6.30. The Kier molecular flexibility index (Phi) is 4.91. The number of halogens is 3. The van der Waals surface area contributed by atoms with Crippen molar-refractivity contribution >= 4 is 28.3 Å². The lowest BCUT2D eigenvalue weighted by Gasteiger charge is -2.33. The van der Waals surface area contributed by atoms with Crippen molar-refractivity contribution in [1.82, 2.24) is 5.16 Å². The highest BCUT2D eigenvalue weighted by atomic mass is 35.5. The Morgan fingerprint density at radius 3 is 2.63 bits per heavy atom. The van der Waals surface area contributed by atoms with Crippen molar-refractivity contribution in [2.75, 3.05) is 24.6 Å². The van der Waals surface area contributed by atoms with Gasteiger partial charge in [-0.1, -0.05) is 22.8 Å². The van der Waals surface area contributed by atoms with E-state index < -0.39 is 11.6 Å². The SMILES string of the molecule is Cc1noc2cccc(OCC3CCN(c4c(F)cc(Cl)cc4F)CC3)c12. The van der Waals surface area contributed by atoms with Crippen molar-refractivity contribution < 1.29 is 18.0 Å². The normalized spacial score (nSPS) is 15.5. The molecule has 0 amide bonds. The molecule has 0 spiro atoms. The molecule has 1 aromatic heterocycles. The Morgan fingerprint density at radius 1 is 1.22 bits per heavy atom. The van der Waals surface area contributed by atoms with E-state index in [0.717, 1.165) is 41.8 Å². The van der Waals surface area contributed by atoms with E-state index in [4.69, 9.17) is 20.9 Å². The van der Waals surface area contributed by atoms with Gasteiger partial charge in [-0.3, -0.25) is 0 Å². The summed E-state index contributed by atoms with van der Waals surface area (Å²) in [6, 6.07) is 7.93. The second kappa shape index (κ2) is 7.35. The fourth-order valence-corrected chi connectivity index (χ4v) is 3.79. The molecule has 0 radical (unpaired) electrons. The van der Waals surface area contributed by atoms with E-state index in [-0.39, 0.29) is 10.7 Å². The van der Waals surface area contributed by atoms with Crippen molar-refractivity contribution in [3.63, 3.8) is 0 Å². The zero-order chi connectivity index (χ0) is 19.0. The third-order valence-corrected chi connectivity index (χ3v) is 5.24. The number of piperidine rings is 1. The van der Waals surface area contributed by atoms with Gasteiger partial charge in [0.25, 0.3) is 0 Å². The van der Waals surface area contributed by atoms with Crippen LogP contribution in [0.2, 0.25) is 5.02 Å². The van der Waals surface area contributed by atoms with Gasteiger partial charge in [0.05, 0.1) is 17.7 Å². The molecule has 3 aromatic rings. The first-order valence-corrected chi connectivity index (χ1v) is 9.28. The molecule has 142 valence electrons. The molecule has 0 saturated carbocycles. The number of aromatic nitrogens is 1. The van der Waals surface area contributed by atoms with Crippen molar-refractivity contribution in [2.45, 2.75) is 19.8 Å². The number of anilines is 1. The minimum Gasteiger partial charge on any atom is -0.492 e. The summed E-state index contributed by atoms with van der Waals surface area (Å²) < 4.78 is 39.5. The molecule has 0 N–H and O–H groups in total. The van der Waals surface area contributed by atoms with Crippen LogP contribution in [0.3, 0.4) is 0 Å². The van der Waals surface area contributed by atoms with Gasteiger partial charge >= 0.3 is 0 Å². The zero-order valence-electron chi connectivity index (χ0n) is 14.8. The second-order valence-electron chi connectivity index (χ2n) is 6.86. The number of nitrogens with zero attached hydrogens (tertiary/aromatic N) is 2. The van der Waals surface area contributed by atoms with Crippen molar-refractivity contribution in [3.8, 4) is 5.75 Å². The number of rotatable bonds is 4. The summed E-state index contributed by atoms with van der Waals surface area (Å²) in [4.78, 5) is 1.74. The first-order chi connectivity index (χ1) is 13.0. The number of benzene rings is 2. The molecule has 4 rings (SSSR count). The molecule has 1 aliphatic heterocycles. The molecular formula is C20H19ClF2N2O2. The Balaban J connectivity index is 1.39. The van der Waals surface area contributed by atoms with E-state index in [1.807, 2.05) is 25.1 Å². The average Bonchev–Trinajstić information content (AvgIpc) is 3.02. The van der Waals surface area contributed by atoms with E-state index in [9.17, 15) is 8.78 Å². The lowest BCUT2D eigenvalue weighted by atomic mass is 9.97. The molecule has 0 unspecified atom stereocenters. The Hall–Kier alpha value is -2.34. The van der Waals surface area contributed by atoms with Crippen LogP contribution in [0.1, 0.15) is 18.5 Å². The van der Waals surface area contributed by atoms with Crippen molar-refractivity contribution in [2.24, 2.45) is 5.92 Å². The number of hydrogen-bond acceptors (Lipinski definition) is 4. The van der Waals surface area contributed by atoms with Crippen LogP contribution in [-0.2, 0) is 0 Å². The predicted octanol–water partition coefficient (Wildman–Crippen LogP) is 5.36. The van der Waals surface area contributed by atoms with Crippen molar-refractivity contribution in [1.29, 1.82) is 0 Å². The van der Waals surface area contributed by atoms with Crippen LogP contribution in [0.15, 0.2) is 34.9 Å². The minimum absolute atomic E-state index is 0.00336. The summed E-state index contributed by atoms with van der Waals surface area (Å²) in [5, 5.41) is 4.93. The maximum Gasteiger partial charge on any atom is 0.170 e. The Bertz CT molecular complexity index is 945. The average molecular weight is 393 g/mol. The van der Waals surface area contributed by atoms with Crippen LogP contribution in [0.4, 0.5) is 14.5 Å². The van der Waals surface area contributed by atoms with Gasteiger partial charge in [0.1, 0.15) is 11.4 Å². The highest BCUT2D eigenvalue weighted by Gasteiger charge is 2.25. The van der Waals surface area contributed by atoms with Gasteiger partial charge in [-0.25, -0.2) is 8.78 Å². The highest BCUT2D eigenvalue weighted by Crippen LogP contribution is 2.32. The standard InChI is InChI=1S/C20H19ClF2N2O2/c1-12-19-17(3-2-4-18(19)27-24-12)26-11-13-5-7-25(8-6-13)20-15(22)9-14(21)10-16(20)23/h2-4,9-10,13H,5-8,11H2,1H3. The summed E-state index contributed by atoms with van der Waals surface area (Å²) in [6.07, 6.45) is 1.58. The Labute approximate surface area is 160 Å². The van der Waals surface area contributed by atoms with Gasteiger partial charge in [0, 0.05) is 18.1 Å². The maximum atomic E-state index is 14.1. The van der Waals surface area contributed by atoms with Gasteiger partial charge in [-0.15, -0.1) is 0 Å². The molecule has 0 bridgehead atoms. The zero-order valence-corrected chi connectivity index (χ0v) is 15.6. The van der Waals surface area contributed by atoms with Crippen LogP contribution in [0, 0.1) is 24.5 Å². The van der Waals surface area contributed by atoms with Crippen LogP contribution in [0.5, 0.6) is 5.75 Å². The molecule has 2 heterocycles. The minimum atomic E-state index is -0.621. The molecule has 1 aliphatic rings. The lowest BCUT2D eigenvalue weighted by Crippen LogP contribution is -2.36. The summed E-state index contributed by atoms with van der Waals surface area (Å²) in [5.74, 6) is -0.174. The summed E-state index contributed by atoms with van der Waals surface area (Å²) in [6.45, 7) is 3.57. The van der Waals surface area contributed by atoms with Crippen LogP contribution < -0.4 is 9.64 Å². The second-order valence-corrected chi connectivity index (χ2v) is 7.29. The fraction of sp³-hybridized carbons (Fsp3) is 0.350. The van der Waals surface area contributed by atoms with Gasteiger partial charge in [0.2, 0.25) is 0 Å². The van der Waals surface area contributed by atoms with Crippen LogP contribution in [0.25, 0.3) is 11.0 Å². The number of aryl methyl sites for hydroxylation is 1. The molecular weight excluding hydrogens is 374 g/mol. The fourth-order valence-electron chi connectivity index (χ4n) is 3.59. The van der Waals surface area contributed by atoms with Crippen molar-refractivity contribution in [3.05, 3.63) is 52.7 Å². The number of fused-ring (bicyclic) bond motifs is 1. The number of hydrogen-bond donors (Lipinski definition) is 0. The molecule has 0 aliphatic carbocycles. The predicted molar refractivity (Wildman–Crippen MR) is 101 cm³/mol. The summed E-state index contributed by atoms with van der Waals surface area (Å²) in [5.41, 5.74) is 1.50. The quantitative estimate of drug-likeness (QED) is 0.598. The van der Waals surface area contributed by atoms with E-state index in [1.54, 1.807) is 4.90 Å². The molecule has 2 aromatic carbocycles. The molecule has 0 atom stereocenters. The summed E-state index contributed by atoms with van der Waals surface area (Å²) >= 11 is 5.70. The first-order valence-electron chi connectivity index (χ1n) is 8.90. The largest absolute Gasteiger partial charge is 0.492 e. The van der Waals surface area contributed by atoms with E-state index in [1.165, 1.54) is 0 Å². The molecule has 4 nitrogen and oxygen atoms in total. The van der Waals surface area contributed by atoms with E-state index in [0.29, 0.717) is 31.2 Å². The van der Waals surface area contributed by atoms with Gasteiger partial charge in [0.15, 0.2) is 17.2 Å². The van der Waals surface area contributed by atoms with Gasteiger partial charge in [-0.05, 0) is 49.9 Å². The van der Waals surface area contributed by atoms with Crippen LogP contribution in [-0.4, -0.2) is 24.9 Å². The lowest BCUT2D eigenvalue weighted by molar-refractivity contribution is 0.224. The molecule has 1 saturated heterocycles. The van der Waals surface area contributed by atoms with E-state index >= 15 is 0 Å². The maximum absolute atomic E-state index is 14.1. The van der Waals surface area contributed by atoms with Crippen LogP contribution >= 0.6 is 11.6 Å². The molecule has 7 heteroatoms. The summed E-state index contributed by atoms with van der Waals surface area (Å²) in [7, 11) is 0. The molecule has 1 fully saturated rings. The number of ether oxygens (including phenoxy) is 1. The third-order valence-electron chi connectivity index (χ3n) is 5.02. The van der Waals surface area contributed by atoms with E-state index in [2.05, 4.69) is 5.16 Å². The van der Waals surface area contributed by atoms with Gasteiger partial charge in [-0.2, -0.15) is 0 Å². The smallest absolute Gasteiger partial charge is 0.170 e. The first kappa shape index (κ1) is 18.0. The van der Waals surface area contributed by atoms with Gasteiger partial charge < -0.3 is 14.2 Å². The monoisotopic (exact) mass is 392 g/mol. The topological polar surface area (TPSA) is 38.5 Å².